The van der Waals surface area contributed by atoms with Gasteiger partial charge in [0.2, 0.25) is 0 Å². The van der Waals surface area contributed by atoms with E-state index in [0.29, 0.717) is 29.0 Å². The molecule has 9 heteroatoms. The van der Waals surface area contributed by atoms with Crippen molar-refractivity contribution in [1.82, 2.24) is 0 Å². The lowest BCUT2D eigenvalue weighted by Crippen LogP contribution is -2.46. The van der Waals surface area contributed by atoms with E-state index >= 15 is 0 Å². The van der Waals surface area contributed by atoms with Gasteiger partial charge in [-0.3, -0.25) is 9.59 Å². The molecule has 1 saturated heterocycles. The summed E-state index contributed by atoms with van der Waals surface area (Å²) >= 11 is 0. The van der Waals surface area contributed by atoms with Crippen molar-refractivity contribution < 1.29 is 29.0 Å². The molecule has 2 aliphatic rings. The summed E-state index contributed by atoms with van der Waals surface area (Å²) in [6.07, 6.45) is -0.116. The van der Waals surface area contributed by atoms with Gasteiger partial charge in [0.25, 0.3) is 11.8 Å². The summed E-state index contributed by atoms with van der Waals surface area (Å²) in [7, 11) is -1.20. The number of amides is 2. The van der Waals surface area contributed by atoms with Gasteiger partial charge in [-0.15, -0.1) is 0 Å². The van der Waals surface area contributed by atoms with Crippen molar-refractivity contribution in [3.63, 3.8) is 0 Å². The van der Waals surface area contributed by atoms with Gasteiger partial charge in [0, 0.05) is 34.9 Å². The van der Waals surface area contributed by atoms with Crippen molar-refractivity contribution >= 4 is 31.5 Å². The molecule has 0 saturated carbocycles. The van der Waals surface area contributed by atoms with Crippen LogP contribution in [0.15, 0.2) is 72.8 Å². The van der Waals surface area contributed by atoms with Crippen LogP contribution in [0.3, 0.4) is 0 Å². The second-order valence-corrected chi connectivity index (χ2v) is 15.1. The summed E-state index contributed by atoms with van der Waals surface area (Å²) in [4.78, 5) is 40.1. The number of carbonyl (C=O) groups excluding carboxylic acids is 2. The minimum atomic E-state index is -2.78. The fourth-order valence-corrected chi connectivity index (χ4v) is 9.06. The van der Waals surface area contributed by atoms with Gasteiger partial charge >= 0.3 is 0 Å². The van der Waals surface area contributed by atoms with Gasteiger partial charge in [0.1, 0.15) is 5.75 Å². The van der Waals surface area contributed by atoms with E-state index in [0.717, 1.165) is 11.3 Å². The molecule has 2 amide bonds. The molecule has 2 heterocycles. The van der Waals surface area contributed by atoms with Crippen LogP contribution in [-0.4, -0.2) is 49.9 Å². The van der Waals surface area contributed by atoms with Crippen molar-refractivity contribution in [3.05, 3.63) is 89.5 Å². The van der Waals surface area contributed by atoms with E-state index in [9.17, 15) is 19.5 Å². The van der Waals surface area contributed by atoms with E-state index in [1.54, 1.807) is 24.1 Å². The highest BCUT2D eigenvalue weighted by Crippen LogP contribution is 2.60. The molecule has 0 radical (unpaired) electrons. The van der Waals surface area contributed by atoms with Crippen LogP contribution in [0.1, 0.15) is 34.8 Å². The molecule has 0 aromatic heterocycles. The average Bonchev–Trinajstić information content (AvgIpc) is 3.36. The van der Waals surface area contributed by atoms with Gasteiger partial charge in [-0.2, -0.15) is 0 Å². The Labute approximate surface area is 235 Å². The Morgan fingerprint density at radius 1 is 1.10 bits per heavy atom. The smallest absolute Gasteiger partial charge is 0.264 e. The number of ether oxygens (including phenoxy) is 2. The first-order valence-corrected chi connectivity index (χ1v) is 16.6. The standard InChI is InChI=1S/C31H36N2O6Si/c1-20-28(40(3,4)37)27(15-16-34)39-31(20)25-18-24(38-2)13-14-26(25)33(30(31)36)19-21-9-8-12-23(17-21)32-29(35)22-10-6-5-7-11-22/h5-14,17-18,20,27-28,34,37H,15-16,19H2,1-4H3,(H,32,35)/t20-,27+,28-,31+/m0/s1. The quantitative estimate of drug-likeness (QED) is 0.346. The first-order chi connectivity index (χ1) is 19.1. The Morgan fingerprint density at radius 2 is 1.85 bits per heavy atom. The second kappa shape index (κ2) is 10.8. The van der Waals surface area contributed by atoms with E-state index < -0.39 is 20.0 Å². The summed E-state index contributed by atoms with van der Waals surface area (Å²) in [5, 5.41) is 12.7. The number of nitrogens with zero attached hydrogens (tertiary/aromatic N) is 1. The van der Waals surface area contributed by atoms with Gasteiger partial charge in [-0.1, -0.05) is 37.3 Å². The van der Waals surface area contributed by atoms with Crippen LogP contribution in [0, 0.1) is 5.92 Å². The predicted molar refractivity (Wildman–Crippen MR) is 156 cm³/mol. The number of hydrogen-bond acceptors (Lipinski definition) is 6. The molecule has 0 unspecified atom stereocenters. The van der Waals surface area contributed by atoms with Crippen molar-refractivity contribution in [1.29, 1.82) is 0 Å². The zero-order valence-electron chi connectivity index (χ0n) is 23.3. The molecular formula is C31H36N2O6Si. The molecule has 5 rings (SSSR count). The van der Waals surface area contributed by atoms with Gasteiger partial charge in [0.05, 0.1) is 25.4 Å². The maximum Gasteiger partial charge on any atom is 0.264 e. The van der Waals surface area contributed by atoms with Crippen LogP contribution in [0.4, 0.5) is 11.4 Å². The van der Waals surface area contributed by atoms with Crippen LogP contribution in [0.2, 0.25) is 18.6 Å². The normalized spacial score (nSPS) is 23.9. The number of nitrogens with one attached hydrogen (secondary N) is 1. The summed E-state index contributed by atoms with van der Waals surface area (Å²) in [5.74, 6) is -0.130. The van der Waals surface area contributed by atoms with E-state index in [1.807, 2.05) is 80.7 Å². The van der Waals surface area contributed by atoms with E-state index in [4.69, 9.17) is 9.47 Å². The predicted octanol–water partition coefficient (Wildman–Crippen LogP) is 4.67. The highest BCUT2D eigenvalue weighted by atomic mass is 28.4. The molecular weight excluding hydrogens is 524 g/mol. The molecule has 1 spiro atoms. The van der Waals surface area contributed by atoms with Crippen molar-refractivity contribution in [2.45, 2.75) is 50.2 Å². The number of aliphatic hydroxyl groups excluding tert-OH is 1. The van der Waals surface area contributed by atoms with Crippen molar-refractivity contribution in [2.75, 3.05) is 23.9 Å². The molecule has 0 bridgehead atoms. The molecule has 3 aromatic carbocycles. The number of anilines is 2. The number of hydrogen-bond donors (Lipinski definition) is 3. The molecule has 3 aromatic rings. The van der Waals surface area contributed by atoms with Gasteiger partial charge < -0.3 is 29.6 Å². The second-order valence-electron chi connectivity index (χ2n) is 11.2. The lowest BCUT2D eigenvalue weighted by molar-refractivity contribution is -0.146. The third-order valence-electron chi connectivity index (χ3n) is 8.17. The van der Waals surface area contributed by atoms with Crippen molar-refractivity contribution in [2.24, 2.45) is 5.92 Å². The van der Waals surface area contributed by atoms with Crippen LogP contribution in [0.5, 0.6) is 5.75 Å². The number of fused-ring (bicyclic) bond motifs is 2. The lowest BCUT2D eigenvalue weighted by atomic mass is 9.82. The summed E-state index contributed by atoms with van der Waals surface area (Å²) in [6, 6.07) is 22.0. The summed E-state index contributed by atoms with van der Waals surface area (Å²) in [6.45, 7) is 5.86. The van der Waals surface area contributed by atoms with E-state index in [-0.39, 0.29) is 36.4 Å². The van der Waals surface area contributed by atoms with Crippen LogP contribution < -0.4 is 15.0 Å². The molecule has 8 nitrogen and oxygen atoms in total. The molecule has 210 valence electrons. The molecule has 0 aliphatic carbocycles. The molecule has 4 atom stereocenters. The minimum absolute atomic E-state index is 0.0984. The monoisotopic (exact) mass is 560 g/mol. The highest BCUT2D eigenvalue weighted by Gasteiger charge is 2.66. The molecule has 2 aliphatic heterocycles. The SMILES string of the molecule is COc1ccc2c(c1)[C@@]1(O[C@H](CCO)[C@@H]([Si](C)(C)O)[C@@H]1C)C(=O)N2Cc1cccc(NC(=O)c2ccccc2)c1. The van der Waals surface area contributed by atoms with Gasteiger partial charge in [-0.25, -0.2) is 0 Å². The topological polar surface area (TPSA) is 108 Å². The zero-order valence-corrected chi connectivity index (χ0v) is 24.3. The van der Waals surface area contributed by atoms with Crippen LogP contribution in [0.25, 0.3) is 0 Å². The highest BCUT2D eigenvalue weighted by molar-refractivity contribution is 6.71. The third-order valence-corrected chi connectivity index (χ3v) is 10.7. The Hall–Kier alpha value is -3.50. The number of benzene rings is 3. The first-order valence-electron chi connectivity index (χ1n) is 13.6. The Bertz CT molecular complexity index is 1410. The zero-order chi connectivity index (χ0) is 28.7. The Kier molecular flexibility index (Phi) is 7.58. The number of carbonyl (C=O) groups is 2. The molecule has 1 fully saturated rings. The fourth-order valence-electron chi connectivity index (χ4n) is 6.46. The van der Waals surface area contributed by atoms with Crippen molar-refractivity contribution in [3.8, 4) is 5.75 Å². The molecule has 40 heavy (non-hydrogen) atoms. The van der Waals surface area contributed by atoms with Crippen LogP contribution in [-0.2, 0) is 21.7 Å². The number of rotatable bonds is 8. The van der Waals surface area contributed by atoms with Crippen LogP contribution >= 0.6 is 0 Å². The maximum absolute atomic E-state index is 14.4. The maximum atomic E-state index is 14.4. The number of methoxy groups -OCH3 is 1. The first kappa shape index (κ1) is 28.0. The molecule has 3 N–H and O–H groups in total. The third kappa shape index (κ3) is 4.83. The van der Waals surface area contributed by atoms with E-state index in [2.05, 4.69) is 5.32 Å². The average molecular weight is 561 g/mol. The lowest BCUT2D eigenvalue weighted by Gasteiger charge is -2.32. The van der Waals surface area contributed by atoms with Gasteiger partial charge in [0.15, 0.2) is 13.9 Å². The summed E-state index contributed by atoms with van der Waals surface area (Å²) in [5.41, 5.74) is 1.90. The minimum Gasteiger partial charge on any atom is -0.497 e. The fraction of sp³-hybridized carbons (Fsp3) is 0.355. The van der Waals surface area contributed by atoms with E-state index in [1.165, 1.54) is 0 Å². The number of aliphatic hydroxyl groups is 1. The van der Waals surface area contributed by atoms with Gasteiger partial charge in [-0.05, 0) is 67.5 Å². The largest absolute Gasteiger partial charge is 0.497 e. The Balaban J connectivity index is 1.50. The Morgan fingerprint density at radius 3 is 2.52 bits per heavy atom. The summed E-state index contributed by atoms with van der Waals surface area (Å²) < 4.78 is 12.2.